The number of thioether (sulfide) groups is 2. The molecule has 0 N–H and O–H groups in total. The first-order valence-electron chi connectivity index (χ1n) is 6.28. The van der Waals surface area contributed by atoms with Crippen LogP contribution in [0.1, 0.15) is 18.2 Å². The zero-order chi connectivity index (χ0) is 13.9. The molecule has 7 heteroatoms. The van der Waals surface area contributed by atoms with Crippen molar-refractivity contribution in [2.45, 2.75) is 28.3 Å². The summed E-state index contributed by atoms with van der Waals surface area (Å²) in [5, 5.41) is 8.35. The molecule has 20 heavy (non-hydrogen) atoms. The van der Waals surface area contributed by atoms with Gasteiger partial charge in [0.1, 0.15) is 5.65 Å². The van der Waals surface area contributed by atoms with Crippen molar-refractivity contribution < 1.29 is 0 Å². The summed E-state index contributed by atoms with van der Waals surface area (Å²) in [5.74, 6) is 1.86. The molecule has 3 aromatic rings. The second-order valence-corrected chi connectivity index (χ2v) is 7.97. The Morgan fingerprint density at radius 2 is 1.95 bits per heavy atom. The molecule has 0 atom stereocenters. The lowest BCUT2D eigenvalue weighted by atomic mass is 10.3. The van der Waals surface area contributed by atoms with Crippen molar-refractivity contribution in [1.82, 2.24) is 19.6 Å². The van der Waals surface area contributed by atoms with Gasteiger partial charge in [-0.3, -0.25) is 0 Å². The van der Waals surface area contributed by atoms with Crippen LogP contribution in [-0.2, 0) is 5.75 Å². The molecule has 0 aliphatic rings. The van der Waals surface area contributed by atoms with E-state index in [1.807, 2.05) is 6.07 Å². The summed E-state index contributed by atoms with van der Waals surface area (Å²) in [6, 6.07) is 4.13. The Morgan fingerprint density at radius 3 is 2.75 bits per heavy atom. The second-order valence-electron chi connectivity index (χ2n) is 4.26. The van der Waals surface area contributed by atoms with Crippen molar-refractivity contribution >= 4 is 40.5 Å². The number of hydrogen-bond donors (Lipinski definition) is 0. The van der Waals surface area contributed by atoms with Gasteiger partial charge in [-0.05, 0) is 24.3 Å². The van der Waals surface area contributed by atoms with E-state index in [9.17, 15) is 0 Å². The molecule has 0 spiro atoms. The fraction of sp³-hybridized carbons (Fsp3) is 0.308. The predicted octanol–water partition coefficient (Wildman–Crippen LogP) is 3.90. The van der Waals surface area contributed by atoms with E-state index in [0.717, 1.165) is 31.5 Å². The number of hydrogen-bond acceptors (Lipinski definition) is 6. The van der Waals surface area contributed by atoms with Gasteiger partial charge in [0, 0.05) is 18.1 Å². The summed E-state index contributed by atoms with van der Waals surface area (Å²) in [6.07, 6.45) is 4.18. The van der Waals surface area contributed by atoms with Crippen molar-refractivity contribution in [3.8, 4) is 0 Å². The third kappa shape index (κ3) is 3.16. The highest BCUT2D eigenvalue weighted by molar-refractivity contribution is 8.02. The third-order valence-electron chi connectivity index (χ3n) is 2.65. The van der Waals surface area contributed by atoms with E-state index in [1.54, 1.807) is 34.9 Å². The molecule has 3 aromatic heterocycles. The van der Waals surface area contributed by atoms with Crippen LogP contribution in [0.15, 0.2) is 33.2 Å². The average Bonchev–Trinajstić information content (AvgIpc) is 3.02. The molecule has 104 valence electrons. The number of rotatable bonds is 5. The predicted molar refractivity (Wildman–Crippen MR) is 85.8 cm³/mol. The summed E-state index contributed by atoms with van der Waals surface area (Å²) in [7, 11) is 0. The van der Waals surface area contributed by atoms with Crippen molar-refractivity contribution in [2.24, 2.45) is 0 Å². The topological polar surface area (TPSA) is 43.1 Å². The number of pyridine rings is 1. The molecule has 0 radical (unpaired) electrons. The molecule has 0 aliphatic carbocycles. The van der Waals surface area contributed by atoms with Gasteiger partial charge < -0.3 is 4.40 Å². The minimum absolute atomic E-state index is 0.826. The fourth-order valence-electron chi connectivity index (χ4n) is 1.80. The molecule has 0 aromatic carbocycles. The number of imidazole rings is 1. The van der Waals surface area contributed by atoms with Gasteiger partial charge in [0.05, 0.1) is 5.69 Å². The first kappa shape index (κ1) is 13.9. The monoisotopic (exact) mass is 322 g/mol. The molecule has 0 saturated carbocycles. The van der Waals surface area contributed by atoms with E-state index in [4.69, 9.17) is 0 Å². The van der Waals surface area contributed by atoms with E-state index in [-0.39, 0.29) is 0 Å². The second kappa shape index (κ2) is 6.15. The molecule has 4 nitrogen and oxygen atoms in total. The lowest BCUT2D eigenvalue weighted by Gasteiger charge is -1.93. The SMILES string of the molecule is CCSc1nnc(SCc2cn3cc(C)ccc3n2)s1. The minimum Gasteiger partial charge on any atom is -0.307 e. The molecule has 3 heterocycles. The highest BCUT2D eigenvalue weighted by Crippen LogP contribution is 2.30. The van der Waals surface area contributed by atoms with Crippen molar-refractivity contribution in [1.29, 1.82) is 0 Å². The molecular formula is C13H14N4S3. The maximum absolute atomic E-state index is 4.61. The van der Waals surface area contributed by atoms with Crippen molar-refractivity contribution in [2.75, 3.05) is 5.75 Å². The standard InChI is InChI=1S/C13H14N4S3/c1-3-18-12-15-16-13(20-12)19-8-10-7-17-6-9(2)4-5-11(17)14-10/h4-7H,3,8H2,1-2H3. The van der Waals surface area contributed by atoms with Crippen LogP contribution in [0.25, 0.3) is 5.65 Å². The summed E-state index contributed by atoms with van der Waals surface area (Å²) in [6.45, 7) is 4.21. The number of aromatic nitrogens is 4. The first-order chi connectivity index (χ1) is 9.74. The van der Waals surface area contributed by atoms with Crippen molar-refractivity contribution in [3.63, 3.8) is 0 Å². The van der Waals surface area contributed by atoms with Crippen LogP contribution >= 0.6 is 34.9 Å². The van der Waals surface area contributed by atoms with Gasteiger partial charge in [-0.15, -0.1) is 10.2 Å². The van der Waals surface area contributed by atoms with Gasteiger partial charge in [0.15, 0.2) is 8.68 Å². The lowest BCUT2D eigenvalue weighted by Crippen LogP contribution is -1.82. The zero-order valence-electron chi connectivity index (χ0n) is 11.2. The Kier molecular flexibility index (Phi) is 4.28. The molecule has 3 rings (SSSR count). The first-order valence-corrected chi connectivity index (χ1v) is 9.06. The maximum Gasteiger partial charge on any atom is 0.175 e. The number of fused-ring (bicyclic) bond motifs is 1. The quantitative estimate of drug-likeness (QED) is 0.667. The van der Waals surface area contributed by atoms with Gasteiger partial charge >= 0.3 is 0 Å². The largest absolute Gasteiger partial charge is 0.307 e. The van der Waals surface area contributed by atoms with Crippen LogP contribution < -0.4 is 0 Å². The van der Waals surface area contributed by atoms with Gasteiger partial charge in [-0.25, -0.2) is 4.98 Å². The van der Waals surface area contributed by atoms with E-state index in [2.05, 4.69) is 51.9 Å². The summed E-state index contributed by atoms with van der Waals surface area (Å²) in [4.78, 5) is 4.61. The molecule has 0 saturated heterocycles. The van der Waals surface area contributed by atoms with Crippen LogP contribution in [0.4, 0.5) is 0 Å². The lowest BCUT2D eigenvalue weighted by molar-refractivity contribution is 0.954. The maximum atomic E-state index is 4.61. The van der Waals surface area contributed by atoms with E-state index < -0.39 is 0 Å². The Morgan fingerprint density at radius 1 is 1.15 bits per heavy atom. The van der Waals surface area contributed by atoms with E-state index >= 15 is 0 Å². The van der Waals surface area contributed by atoms with E-state index in [1.165, 1.54) is 5.56 Å². The molecule has 0 bridgehead atoms. The fourth-order valence-corrected chi connectivity index (χ4v) is 4.60. The molecule has 0 amide bonds. The highest BCUT2D eigenvalue weighted by Gasteiger charge is 2.07. The molecular weight excluding hydrogens is 308 g/mol. The Hall–Kier alpha value is -1.05. The van der Waals surface area contributed by atoms with Gasteiger partial charge in [0.25, 0.3) is 0 Å². The summed E-state index contributed by atoms with van der Waals surface area (Å²) in [5.41, 5.74) is 3.30. The zero-order valence-corrected chi connectivity index (χ0v) is 13.7. The van der Waals surface area contributed by atoms with Gasteiger partial charge in [-0.1, -0.05) is 47.9 Å². The number of aryl methyl sites for hydroxylation is 1. The summed E-state index contributed by atoms with van der Waals surface area (Å²) < 4.78 is 4.12. The van der Waals surface area contributed by atoms with Crippen LogP contribution in [0.2, 0.25) is 0 Å². The van der Waals surface area contributed by atoms with Crippen molar-refractivity contribution in [3.05, 3.63) is 35.8 Å². The van der Waals surface area contributed by atoms with Crippen LogP contribution in [0, 0.1) is 6.92 Å². The van der Waals surface area contributed by atoms with Crippen LogP contribution in [0.3, 0.4) is 0 Å². The highest BCUT2D eigenvalue weighted by atomic mass is 32.2. The normalized spacial score (nSPS) is 11.3. The van der Waals surface area contributed by atoms with Gasteiger partial charge in [0.2, 0.25) is 0 Å². The molecule has 0 unspecified atom stereocenters. The van der Waals surface area contributed by atoms with Crippen LogP contribution in [0.5, 0.6) is 0 Å². The minimum atomic E-state index is 0.826. The average molecular weight is 322 g/mol. The summed E-state index contributed by atoms with van der Waals surface area (Å²) >= 11 is 5.09. The number of nitrogens with zero attached hydrogens (tertiary/aromatic N) is 4. The molecule has 0 fully saturated rings. The smallest absolute Gasteiger partial charge is 0.175 e. The third-order valence-corrected chi connectivity index (χ3v) is 5.75. The van der Waals surface area contributed by atoms with E-state index in [0.29, 0.717) is 0 Å². The Bertz CT molecular complexity index is 719. The van der Waals surface area contributed by atoms with Crippen LogP contribution in [-0.4, -0.2) is 25.3 Å². The Balaban J connectivity index is 1.69. The molecule has 0 aliphatic heterocycles. The van der Waals surface area contributed by atoms with Gasteiger partial charge in [-0.2, -0.15) is 0 Å². The Labute approximate surface area is 130 Å².